The molecule has 2 saturated heterocycles. The highest BCUT2D eigenvalue weighted by Crippen LogP contribution is 2.37. The maximum absolute atomic E-state index is 12.7. The molecular weight excluding hydrogens is 705 g/mol. The Labute approximate surface area is 324 Å². The van der Waals surface area contributed by atoms with E-state index in [0.29, 0.717) is 57.9 Å². The SMILES string of the molecule is CC(C)(C)OC(=O)N1CCN(CC(=O)NCCC2CCCN2c2ccc(-c3ccnc(Nc4cccc(CO[Si](C)(C)C(C)(C)C)c4)n3)cn2)CC1.S. The van der Waals surface area contributed by atoms with Crippen LogP contribution in [0.5, 0.6) is 0 Å². The fourth-order valence-electron chi connectivity index (χ4n) is 6.13. The van der Waals surface area contributed by atoms with Gasteiger partial charge in [0.2, 0.25) is 11.9 Å². The molecule has 290 valence electrons. The molecule has 5 rings (SSSR count). The number of aromatic nitrogens is 3. The number of benzene rings is 1. The van der Waals surface area contributed by atoms with E-state index in [4.69, 9.17) is 19.1 Å². The van der Waals surface area contributed by atoms with Crippen LogP contribution in [0, 0.1) is 0 Å². The van der Waals surface area contributed by atoms with Crippen LogP contribution in [0.3, 0.4) is 0 Å². The van der Waals surface area contributed by atoms with Gasteiger partial charge in [-0.2, -0.15) is 13.5 Å². The second kappa shape index (κ2) is 18.1. The Hall–Kier alpha value is -3.72. The second-order valence-corrected chi connectivity index (χ2v) is 21.2. The molecule has 12 nitrogen and oxygen atoms in total. The summed E-state index contributed by atoms with van der Waals surface area (Å²) in [5.74, 6) is 1.47. The predicted molar refractivity (Wildman–Crippen MR) is 220 cm³/mol. The molecule has 1 atom stereocenters. The summed E-state index contributed by atoms with van der Waals surface area (Å²) >= 11 is 0. The zero-order valence-electron chi connectivity index (χ0n) is 32.9. The monoisotopic (exact) mass is 764 g/mol. The third-order valence-corrected chi connectivity index (χ3v) is 14.6. The van der Waals surface area contributed by atoms with Crippen LogP contribution in [-0.2, 0) is 20.6 Å². The van der Waals surface area contributed by atoms with Crippen molar-refractivity contribution >= 4 is 51.3 Å². The van der Waals surface area contributed by atoms with E-state index in [0.717, 1.165) is 54.1 Å². The zero-order valence-corrected chi connectivity index (χ0v) is 34.9. The van der Waals surface area contributed by atoms with E-state index in [9.17, 15) is 9.59 Å². The summed E-state index contributed by atoms with van der Waals surface area (Å²) in [6.45, 7) is 21.8. The molecule has 2 amide bonds. The molecule has 14 heteroatoms. The Kier molecular flexibility index (Phi) is 14.3. The van der Waals surface area contributed by atoms with Crippen molar-refractivity contribution in [3.63, 3.8) is 0 Å². The Balaban J connectivity index is 0.00000627. The van der Waals surface area contributed by atoms with Crippen molar-refractivity contribution in [1.82, 2.24) is 30.1 Å². The highest BCUT2D eigenvalue weighted by Gasteiger charge is 2.37. The minimum absolute atomic E-state index is 0. The van der Waals surface area contributed by atoms with Crippen LogP contribution in [0.1, 0.15) is 66.4 Å². The second-order valence-electron chi connectivity index (χ2n) is 16.4. The van der Waals surface area contributed by atoms with Gasteiger partial charge in [0.1, 0.15) is 11.4 Å². The molecule has 0 spiro atoms. The molecule has 3 aromatic rings. The van der Waals surface area contributed by atoms with Crippen LogP contribution in [-0.4, -0.2) is 103 Å². The van der Waals surface area contributed by atoms with Gasteiger partial charge in [-0.05, 0) is 94.1 Å². The lowest BCUT2D eigenvalue weighted by molar-refractivity contribution is -0.122. The van der Waals surface area contributed by atoms with Crippen molar-refractivity contribution in [1.29, 1.82) is 0 Å². The van der Waals surface area contributed by atoms with Crippen LogP contribution in [0.2, 0.25) is 18.1 Å². The van der Waals surface area contributed by atoms with Crippen LogP contribution >= 0.6 is 13.5 Å². The van der Waals surface area contributed by atoms with Crippen LogP contribution < -0.4 is 15.5 Å². The number of carbonyl (C=O) groups is 2. The summed E-state index contributed by atoms with van der Waals surface area (Å²) in [6, 6.07) is 14.5. The van der Waals surface area contributed by atoms with Crippen molar-refractivity contribution in [2.24, 2.45) is 0 Å². The van der Waals surface area contributed by atoms with Crippen molar-refractivity contribution in [3.8, 4) is 11.3 Å². The molecule has 2 N–H and O–H groups in total. The van der Waals surface area contributed by atoms with Crippen LogP contribution in [0.25, 0.3) is 11.3 Å². The van der Waals surface area contributed by atoms with Gasteiger partial charge in [0.25, 0.3) is 0 Å². The average molecular weight is 765 g/mol. The number of carbonyl (C=O) groups excluding carboxylic acids is 2. The molecule has 2 aliphatic heterocycles. The summed E-state index contributed by atoms with van der Waals surface area (Å²) < 4.78 is 11.9. The molecule has 2 aliphatic rings. The zero-order chi connectivity index (χ0) is 37.5. The number of ether oxygens (including phenoxy) is 1. The van der Waals surface area contributed by atoms with Gasteiger partial charge in [0.15, 0.2) is 8.32 Å². The van der Waals surface area contributed by atoms with E-state index < -0.39 is 13.9 Å². The van der Waals surface area contributed by atoms with Crippen molar-refractivity contribution in [2.75, 3.05) is 56.0 Å². The largest absolute Gasteiger partial charge is 0.444 e. The molecule has 0 saturated carbocycles. The number of pyridine rings is 1. The van der Waals surface area contributed by atoms with Gasteiger partial charge >= 0.3 is 6.09 Å². The Morgan fingerprint density at radius 2 is 1.72 bits per heavy atom. The number of anilines is 3. The van der Waals surface area contributed by atoms with Gasteiger partial charge in [-0.15, -0.1) is 0 Å². The summed E-state index contributed by atoms with van der Waals surface area (Å²) in [6.07, 6.45) is 6.35. The normalized spacial score (nSPS) is 16.9. The number of nitrogens with one attached hydrogen (secondary N) is 2. The molecule has 2 aromatic heterocycles. The molecular formula is C39H60N8O4SSi. The van der Waals surface area contributed by atoms with E-state index in [2.05, 4.69) is 83.5 Å². The summed E-state index contributed by atoms with van der Waals surface area (Å²) in [7, 11) is -1.85. The van der Waals surface area contributed by atoms with Crippen molar-refractivity contribution < 1.29 is 18.8 Å². The molecule has 2 fully saturated rings. The lowest BCUT2D eigenvalue weighted by Crippen LogP contribution is -2.52. The van der Waals surface area contributed by atoms with Gasteiger partial charge in [-0.1, -0.05) is 32.9 Å². The fourth-order valence-corrected chi connectivity index (χ4v) is 7.09. The van der Waals surface area contributed by atoms with Gasteiger partial charge in [-0.25, -0.2) is 19.7 Å². The topological polar surface area (TPSA) is 125 Å². The third kappa shape index (κ3) is 12.1. The molecule has 4 heterocycles. The molecule has 1 unspecified atom stereocenters. The summed E-state index contributed by atoms with van der Waals surface area (Å²) in [5, 5.41) is 6.63. The van der Waals surface area contributed by atoms with Crippen molar-refractivity contribution in [2.45, 2.75) is 97.2 Å². The first-order valence-electron chi connectivity index (χ1n) is 18.6. The summed E-state index contributed by atoms with van der Waals surface area (Å²) in [4.78, 5) is 45.3. The van der Waals surface area contributed by atoms with E-state index in [1.54, 1.807) is 11.1 Å². The van der Waals surface area contributed by atoms with E-state index >= 15 is 0 Å². The van der Waals surface area contributed by atoms with Gasteiger partial charge in [0.05, 0.1) is 18.8 Å². The number of piperazine rings is 1. The number of hydrogen-bond donors (Lipinski definition) is 2. The van der Waals surface area contributed by atoms with E-state index in [1.165, 1.54) is 0 Å². The first-order chi connectivity index (χ1) is 24.6. The first-order valence-corrected chi connectivity index (χ1v) is 21.5. The number of amides is 2. The predicted octanol–water partition coefficient (Wildman–Crippen LogP) is 6.94. The minimum Gasteiger partial charge on any atom is -0.444 e. The number of hydrogen-bond acceptors (Lipinski definition) is 10. The maximum atomic E-state index is 12.7. The molecule has 53 heavy (non-hydrogen) atoms. The fraction of sp³-hybridized carbons (Fsp3) is 0.564. The smallest absolute Gasteiger partial charge is 0.410 e. The molecule has 0 bridgehead atoms. The standard InChI is InChI=1S/C39H58N8O4Si.H2S/c1-38(2,3)51-37(49)46-23-21-45(22-24-46)27-35(48)40-18-16-32-13-10-20-47(32)34-15-14-30(26-42-34)33-17-19-41-36(44-33)43-31-12-9-11-29(25-31)28-50-52(7,8)39(4,5)6;/h9,11-12,14-15,17,19,25-26,32H,10,13,16,18,20-24,27-28H2,1-8H3,(H,40,48)(H,41,43,44);1H2. The maximum Gasteiger partial charge on any atom is 0.410 e. The van der Waals surface area contributed by atoms with Crippen molar-refractivity contribution in [3.05, 3.63) is 60.4 Å². The van der Waals surface area contributed by atoms with Gasteiger partial charge < -0.3 is 29.6 Å². The average Bonchev–Trinajstić information content (AvgIpc) is 3.55. The highest BCUT2D eigenvalue weighted by molar-refractivity contribution is 7.59. The van der Waals surface area contributed by atoms with Gasteiger partial charge in [-0.3, -0.25) is 9.69 Å². The van der Waals surface area contributed by atoms with E-state index in [-0.39, 0.29) is 30.5 Å². The van der Waals surface area contributed by atoms with E-state index in [1.807, 2.05) is 45.2 Å². The van der Waals surface area contributed by atoms with Crippen LogP contribution in [0.15, 0.2) is 54.9 Å². The summed E-state index contributed by atoms with van der Waals surface area (Å²) in [5.41, 5.74) is 3.22. The lowest BCUT2D eigenvalue weighted by atomic mass is 10.1. The van der Waals surface area contributed by atoms with Crippen LogP contribution in [0.4, 0.5) is 22.2 Å². The quantitative estimate of drug-likeness (QED) is 0.187. The minimum atomic E-state index is -1.85. The Morgan fingerprint density at radius 3 is 2.40 bits per heavy atom. The Bertz CT molecular complexity index is 1660. The molecule has 1 aromatic carbocycles. The molecule has 0 radical (unpaired) electrons. The lowest BCUT2D eigenvalue weighted by Gasteiger charge is -2.36. The third-order valence-electron chi connectivity index (χ3n) is 10.2. The number of nitrogens with zero attached hydrogens (tertiary/aromatic N) is 6. The Morgan fingerprint density at radius 1 is 0.962 bits per heavy atom. The highest BCUT2D eigenvalue weighted by atomic mass is 32.1. The first kappa shape index (κ1) is 42.0. The molecule has 0 aliphatic carbocycles. The number of rotatable bonds is 12. The van der Waals surface area contributed by atoms with Gasteiger partial charge in [0, 0.05) is 69.0 Å².